The van der Waals surface area contributed by atoms with E-state index in [-0.39, 0.29) is 11.3 Å². The predicted octanol–water partition coefficient (Wildman–Crippen LogP) is 4.25. The van der Waals surface area contributed by atoms with Gasteiger partial charge in [0.25, 0.3) is 0 Å². The van der Waals surface area contributed by atoms with E-state index < -0.39 is 6.61 Å². The van der Waals surface area contributed by atoms with Gasteiger partial charge in [0.2, 0.25) is 11.9 Å². The Morgan fingerprint density at radius 3 is 2.42 bits per heavy atom. The van der Waals surface area contributed by atoms with Crippen molar-refractivity contribution in [1.82, 2.24) is 19.3 Å². The number of carbonyl (C=O) groups is 1. The van der Waals surface area contributed by atoms with Crippen molar-refractivity contribution < 1.29 is 14.6 Å². The maximum Gasteiger partial charge on any atom is 0.248 e. The van der Waals surface area contributed by atoms with Gasteiger partial charge >= 0.3 is 0 Å². The molecule has 2 aromatic carbocycles. The number of aliphatic hydroxyl groups is 1. The molecule has 2 aromatic heterocycles. The Bertz CT molecular complexity index is 1380. The average Bonchev–Trinajstić information content (AvgIpc) is 3.29. The number of aromatic nitrogens is 3. The number of ether oxygens (including phenoxy) is 1. The molecule has 1 saturated carbocycles. The fraction of sp³-hybridized carbons (Fsp3) is 0.321. The van der Waals surface area contributed by atoms with Gasteiger partial charge in [-0.2, -0.15) is 0 Å². The summed E-state index contributed by atoms with van der Waals surface area (Å²) in [7, 11) is 0. The van der Waals surface area contributed by atoms with Crippen molar-refractivity contribution in [2.75, 3.05) is 25.4 Å². The number of fused-ring (bicyclic) bond motifs is 1. The molecule has 1 amide bonds. The maximum atomic E-state index is 11.8. The van der Waals surface area contributed by atoms with Crippen molar-refractivity contribution in [1.29, 1.82) is 0 Å². The number of amides is 1. The number of para-hydroxylation sites is 1. The molecule has 3 heterocycles. The lowest BCUT2D eigenvalue weighted by Gasteiger charge is -2.53. The zero-order valence-electron chi connectivity index (χ0n) is 20.0. The third-order valence-corrected chi connectivity index (χ3v) is 7.67. The second kappa shape index (κ2) is 8.95. The number of anilines is 1. The van der Waals surface area contributed by atoms with Crippen LogP contribution in [-0.2, 0) is 4.79 Å². The summed E-state index contributed by atoms with van der Waals surface area (Å²) < 4.78 is 7.89. The smallest absolute Gasteiger partial charge is 0.248 e. The lowest BCUT2D eigenvalue weighted by atomic mass is 9.65. The van der Waals surface area contributed by atoms with Crippen LogP contribution in [0.3, 0.4) is 0 Å². The number of nitrogens with two attached hydrogens (primary N) is 1. The topological polar surface area (TPSA) is 106 Å². The van der Waals surface area contributed by atoms with Gasteiger partial charge in [-0.15, -0.1) is 0 Å². The standard InChI is InChI=1S/C28H29N5O3/c29-27-30-15-12-23-25(19-10-13-28(14-11-19)17-32(18-28)24(35)16-34)31-26(33(23)27)20-6-8-22(9-7-20)36-21-4-2-1-3-5-21/h1-9,12,15,19,34H,10-11,13-14,16-18H2,(H2,29,30). The molecular formula is C28H29N5O3. The van der Waals surface area contributed by atoms with E-state index in [9.17, 15) is 4.79 Å². The molecule has 1 spiro atoms. The summed E-state index contributed by atoms with van der Waals surface area (Å²) in [5.41, 5.74) is 9.51. The Kier molecular flexibility index (Phi) is 5.60. The number of rotatable bonds is 5. The predicted molar refractivity (Wildman–Crippen MR) is 137 cm³/mol. The van der Waals surface area contributed by atoms with Gasteiger partial charge in [-0.25, -0.2) is 9.97 Å². The number of hydrogen-bond acceptors (Lipinski definition) is 6. The van der Waals surface area contributed by atoms with Crippen LogP contribution in [0.4, 0.5) is 5.95 Å². The number of benzene rings is 2. The van der Waals surface area contributed by atoms with E-state index in [4.69, 9.17) is 20.6 Å². The van der Waals surface area contributed by atoms with Gasteiger partial charge in [0, 0.05) is 36.2 Å². The Morgan fingerprint density at radius 1 is 1.03 bits per heavy atom. The van der Waals surface area contributed by atoms with Crippen LogP contribution in [0.5, 0.6) is 11.5 Å². The van der Waals surface area contributed by atoms with Crippen LogP contribution < -0.4 is 10.5 Å². The van der Waals surface area contributed by atoms with Crippen molar-refractivity contribution in [2.24, 2.45) is 5.41 Å². The van der Waals surface area contributed by atoms with Crippen LogP contribution in [0.25, 0.3) is 16.9 Å². The number of hydrogen-bond donors (Lipinski definition) is 2. The summed E-state index contributed by atoms with van der Waals surface area (Å²) in [6, 6.07) is 19.6. The number of nitrogen functional groups attached to an aromatic ring is 1. The van der Waals surface area contributed by atoms with Gasteiger partial charge in [0.15, 0.2) is 0 Å². The second-order valence-corrected chi connectivity index (χ2v) is 9.97. The first-order chi connectivity index (χ1) is 17.5. The van der Waals surface area contributed by atoms with Gasteiger partial charge in [0.1, 0.15) is 23.9 Å². The molecule has 0 unspecified atom stereocenters. The Labute approximate surface area is 209 Å². The largest absolute Gasteiger partial charge is 0.457 e. The van der Waals surface area contributed by atoms with Crippen LogP contribution in [0, 0.1) is 5.41 Å². The van der Waals surface area contributed by atoms with Crippen molar-refractivity contribution in [3.63, 3.8) is 0 Å². The fourth-order valence-electron chi connectivity index (χ4n) is 5.73. The Morgan fingerprint density at radius 2 is 1.72 bits per heavy atom. The molecule has 8 heteroatoms. The summed E-state index contributed by atoms with van der Waals surface area (Å²) in [5.74, 6) is 2.89. The monoisotopic (exact) mass is 483 g/mol. The summed E-state index contributed by atoms with van der Waals surface area (Å²) in [6.07, 6.45) is 5.87. The molecule has 1 saturated heterocycles. The molecule has 0 atom stereocenters. The molecule has 4 aromatic rings. The van der Waals surface area contributed by atoms with E-state index in [1.54, 1.807) is 11.1 Å². The highest BCUT2D eigenvalue weighted by Crippen LogP contribution is 2.49. The van der Waals surface area contributed by atoms with E-state index in [1.165, 1.54) is 0 Å². The fourth-order valence-corrected chi connectivity index (χ4v) is 5.73. The number of nitrogens with zero attached hydrogens (tertiary/aromatic N) is 4. The zero-order chi connectivity index (χ0) is 24.7. The van der Waals surface area contributed by atoms with Gasteiger partial charge in [-0.1, -0.05) is 18.2 Å². The van der Waals surface area contributed by atoms with Gasteiger partial charge in [-0.3, -0.25) is 9.20 Å². The summed E-state index contributed by atoms with van der Waals surface area (Å²) in [4.78, 5) is 23.0. The number of likely N-dealkylation sites (tertiary alicyclic amines) is 1. The number of imidazole rings is 1. The lowest BCUT2D eigenvalue weighted by molar-refractivity contribution is -0.148. The van der Waals surface area contributed by atoms with Crippen LogP contribution in [0.15, 0.2) is 66.9 Å². The van der Waals surface area contributed by atoms with Crippen molar-refractivity contribution in [3.05, 3.63) is 72.6 Å². The molecule has 6 rings (SSSR count). The average molecular weight is 484 g/mol. The normalized spacial score (nSPS) is 17.3. The van der Waals surface area contributed by atoms with E-state index in [0.29, 0.717) is 11.9 Å². The molecule has 2 fully saturated rings. The Balaban J connectivity index is 1.25. The molecule has 8 nitrogen and oxygen atoms in total. The highest BCUT2D eigenvalue weighted by molar-refractivity contribution is 5.78. The minimum atomic E-state index is -0.406. The van der Waals surface area contributed by atoms with Crippen LogP contribution in [-0.4, -0.2) is 50.0 Å². The molecule has 36 heavy (non-hydrogen) atoms. The van der Waals surface area contributed by atoms with Crippen LogP contribution in [0.1, 0.15) is 37.3 Å². The molecule has 1 aliphatic carbocycles. The minimum absolute atomic E-state index is 0.171. The molecule has 184 valence electrons. The highest BCUT2D eigenvalue weighted by Gasteiger charge is 2.47. The van der Waals surface area contributed by atoms with E-state index in [2.05, 4.69) is 4.98 Å². The molecular weight excluding hydrogens is 454 g/mol. The SMILES string of the molecule is Nc1nccc2c(C3CCC4(CC3)CN(C(=O)CO)C4)nc(-c3ccc(Oc4ccccc4)cc3)n12. The van der Waals surface area contributed by atoms with Crippen molar-refractivity contribution >= 4 is 17.4 Å². The van der Waals surface area contributed by atoms with E-state index >= 15 is 0 Å². The first kappa shape index (κ1) is 22.5. The molecule has 1 aliphatic heterocycles. The van der Waals surface area contributed by atoms with E-state index in [1.807, 2.05) is 65.1 Å². The van der Waals surface area contributed by atoms with Crippen molar-refractivity contribution in [2.45, 2.75) is 31.6 Å². The zero-order valence-corrected chi connectivity index (χ0v) is 20.0. The lowest BCUT2D eigenvalue weighted by Crippen LogP contribution is -2.60. The van der Waals surface area contributed by atoms with E-state index in [0.717, 1.165) is 72.9 Å². The summed E-state index contributed by atoms with van der Waals surface area (Å²) >= 11 is 0. The minimum Gasteiger partial charge on any atom is -0.457 e. The highest BCUT2D eigenvalue weighted by atomic mass is 16.5. The van der Waals surface area contributed by atoms with Crippen molar-refractivity contribution in [3.8, 4) is 22.9 Å². The second-order valence-electron chi connectivity index (χ2n) is 9.97. The molecule has 0 radical (unpaired) electrons. The van der Waals surface area contributed by atoms with Crippen LogP contribution in [0.2, 0.25) is 0 Å². The van der Waals surface area contributed by atoms with Gasteiger partial charge < -0.3 is 20.5 Å². The first-order valence-electron chi connectivity index (χ1n) is 12.4. The third-order valence-electron chi connectivity index (χ3n) is 7.67. The molecule has 2 aliphatic rings. The van der Waals surface area contributed by atoms with Gasteiger partial charge in [0.05, 0.1) is 11.2 Å². The first-order valence-corrected chi connectivity index (χ1v) is 12.4. The third kappa shape index (κ3) is 3.97. The number of aliphatic hydroxyl groups excluding tert-OH is 1. The quantitative estimate of drug-likeness (QED) is 0.440. The summed E-state index contributed by atoms with van der Waals surface area (Å²) in [5, 5.41) is 9.12. The van der Waals surface area contributed by atoms with Gasteiger partial charge in [-0.05, 0) is 68.1 Å². The maximum absolute atomic E-state index is 11.8. The summed E-state index contributed by atoms with van der Waals surface area (Å²) in [6.45, 7) is 1.10. The Hall–Kier alpha value is -3.91. The number of carbonyl (C=O) groups excluding carboxylic acids is 1. The molecule has 0 bridgehead atoms. The van der Waals surface area contributed by atoms with Crippen LogP contribution >= 0.6 is 0 Å². The molecule has 3 N–H and O–H groups in total.